The number of morpholine rings is 1. The van der Waals surface area contributed by atoms with Gasteiger partial charge in [-0.05, 0) is 30.7 Å². The van der Waals surface area contributed by atoms with Crippen LogP contribution in [0.2, 0.25) is 0 Å². The first-order chi connectivity index (χ1) is 8.95. The van der Waals surface area contributed by atoms with Crippen LogP contribution in [0.25, 0.3) is 0 Å². The largest absolute Gasteiger partial charge is 0.374 e. The number of halogens is 2. The van der Waals surface area contributed by atoms with Crippen LogP contribution in [0.4, 0.5) is 4.39 Å². The SMILES string of the molecule is Cc1cc(F)ccc1S(=O)(=O)N1CCOC(CCl)C1. The van der Waals surface area contributed by atoms with Crippen LogP contribution in [0.1, 0.15) is 5.56 Å². The summed E-state index contributed by atoms with van der Waals surface area (Å²) in [7, 11) is -3.62. The van der Waals surface area contributed by atoms with Gasteiger partial charge in [-0.25, -0.2) is 12.8 Å². The maximum Gasteiger partial charge on any atom is 0.243 e. The van der Waals surface area contributed by atoms with E-state index in [0.29, 0.717) is 12.2 Å². The van der Waals surface area contributed by atoms with Gasteiger partial charge in [-0.3, -0.25) is 0 Å². The first-order valence-electron chi connectivity index (χ1n) is 5.89. The summed E-state index contributed by atoms with van der Waals surface area (Å²) in [4.78, 5) is 0.129. The molecule has 4 nitrogen and oxygen atoms in total. The molecular formula is C12H15ClFNO3S. The number of hydrogen-bond donors (Lipinski definition) is 0. The molecule has 0 saturated carbocycles. The summed E-state index contributed by atoms with van der Waals surface area (Å²) in [6.07, 6.45) is -0.300. The van der Waals surface area contributed by atoms with E-state index in [1.165, 1.54) is 16.4 Å². The molecule has 0 amide bonds. The summed E-state index contributed by atoms with van der Waals surface area (Å²) in [6, 6.07) is 3.66. The lowest BCUT2D eigenvalue weighted by Crippen LogP contribution is -2.46. The summed E-state index contributed by atoms with van der Waals surface area (Å²) >= 11 is 5.70. The molecule has 1 atom stereocenters. The molecule has 19 heavy (non-hydrogen) atoms. The second-order valence-corrected chi connectivity index (χ2v) is 6.63. The molecule has 0 radical (unpaired) electrons. The zero-order chi connectivity index (χ0) is 14.0. The molecule has 1 aromatic carbocycles. The lowest BCUT2D eigenvalue weighted by atomic mass is 10.2. The van der Waals surface area contributed by atoms with Gasteiger partial charge in [0, 0.05) is 19.0 Å². The first-order valence-corrected chi connectivity index (χ1v) is 7.86. The van der Waals surface area contributed by atoms with Crippen molar-refractivity contribution >= 4 is 21.6 Å². The third-order valence-corrected chi connectivity index (χ3v) is 5.40. The Bertz CT molecular complexity index is 564. The average molecular weight is 308 g/mol. The third-order valence-electron chi connectivity index (χ3n) is 3.03. The predicted octanol–water partition coefficient (Wildman–Crippen LogP) is 1.76. The Balaban J connectivity index is 2.31. The Morgan fingerprint density at radius 1 is 1.53 bits per heavy atom. The molecule has 2 rings (SSSR count). The van der Waals surface area contributed by atoms with Gasteiger partial charge in [0.05, 0.1) is 17.6 Å². The Morgan fingerprint density at radius 3 is 2.89 bits per heavy atom. The molecule has 1 aromatic rings. The molecule has 0 aromatic heterocycles. The molecule has 1 aliphatic heterocycles. The number of benzene rings is 1. The molecule has 106 valence electrons. The van der Waals surface area contributed by atoms with Gasteiger partial charge in [-0.1, -0.05) is 0 Å². The number of ether oxygens (including phenoxy) is 1. The first kappa shape index (κ1) is 14.7. The third kappa shape index (κ3) is 3.08. The van der Waals surface area contributed by atoms with Gasteiger partial charge in [0.15, 0.2) is 0 Å². The maximum absolute atomic E-state index is 13.0. The fourth-order valence-corrected chi connectivity index (χ4v) is 3.89. The van der Waals surface area contributed by atoms with Crippen LogP contribution < -0.4 is 0 Å². The molecule has 1 saturated heterocycles. The number of alkyl halides is 1. The highest BCUT2D eigenvalue weighted by Crippen LogP contribution is 2.22. The fourth-order valence-electron chi connectivity index (χ4n) is 2.05. The van der Waals surface area contributed by atoms with Gasteiger partial charge in [-0.2, -0.15) is 4.31 Å². The second kappa shape index (κ2) is 5.75. The Kier molecular flexibility index (Phi) is 4.45. The molecule has 0 aliphatic carbocycles. The molecule has 0 spiro atoms. The molecule has 1 heterocycles. The van der Waals surface area contributed by atoms with Crippen LogP contribution >= 0.6 is 11.6 Å². The number of rotatable bonds is 3. The lowest BCUT2D eigenvalue weighted by Gasteiger charge is -2.31. The normalized spacial score (nSPS) is 21.5. The lowest BCUT2D eigenvalue weighted by molar-refractivity contribution is 0.0122. The number of sulfonamides is 1. The number of nitrogens with zero attached hydrogens (tertiary/aromatic N) is 1. The van der Waals surface area contributed by atoms with Crippen molar-refractivity contribution in [1.29, 1.82) is 0 Å². The summed E-state index contributed by atoms with van der Waals surface area (Å²) in [6.45, 7) is 2.40. The fraction of sp³-hybridized carbons (Fsp3) is 0.500. The zero-order valence-electron chi connectivity index (χ0n) is 10.5. The molecular weight excluding hydrogens is 293 g/mol. The highest BCUT2D eigenvalue weighted by molar-refractivity contribution is 7.89. The molecule has 1 unspecified atom stereocenters. The smallest absolute Gasteiger partial charge is 0.243 e. The highest BCUT2D eigenvalue weighted by Gasteiger charge is 2.31. The zero-order valence-corrected chi connectivity index (χ0v) is 12.0. The quantitative estimate of drug-likeness (QED) is 0.800. The van der Waals surface area contributed by atoms with E-state index in [1.807, 2.05) is 0 Å². The van der Waals surface area contributed by atoms with Gasteiger partial charge in [-0.15, -0.1) is 11.6 Å². The van der Waals surface area contributed by atoms with Crippen LogP contribution in [-0.4, -0.2) is 44.4 Å². The van der Waals surface area contributed by atoms with Crippen LogP contribution in [0.5, 0.6) is 0 Å². The maximum atomic E-state index is 13.0. The van der Waals surface area contributed by atoms with E-state index < -0.39 is 15.8 Å². The number of aryl methyl sites for hydroxylation is 1. The Morgan fingerprint density at radius 2 is 2.26 bits per heavy atom. The number of hydrogen-bond acceptors (Lipinski definition) is 3. The topological polar surface area (TPSA) is 46.6 Å². The van der Waals surface area contributed by atoms with Gasteiger partial charge in [0.2, 0.25) is 10.0 Å². The van der Waals surface area contributed by atoms with Crippen LogP contribution in [-0.2, 0) is 14.8 Å². The Hall–Kier alpha value is -0.690. The minimum atomic E-state index is -3.62. The van der Waals surface area contributed by atoms with Crippen molar-refractivity contribution < 1.29 is 17.5 Å². The van der Waals surface area contributed by atoms with E-state index in [2.05, 4.69) is 0 Å². The van der Waals surface area contributed by atoms with Gasteiger partial charge in [0.25, 0.3) is 0 Å². The second-order valence-electron chi connectivity index (χ2n) is 4.42. The summed E-state index contributed by atoms with van der Waals surface area (Å²) < 4.78 is 44.7. The van der Waals surface area contributed by atoms with Gasteiger partial charge in [0.1, 0.15) is 5.82 Å². The monoisotopic (exact) mass is 307 g/mol. The van der Waals surface area contributed by atoms with E-state index in [0.717, 1.165) is 6.07 Å². The molecule has 1 fully saturated rings. The average Bonchev–Trinajstić information content (AvgIpc) is 2.38. The minimum absolute atomic E-state index is 0.129. The van der Waals surface area contributed by atoms with Crippen LogP contribution in [0, 0.1) is 12.7 Å². The van der Waals surface area contributed by atoms with E-state index in [-0.39, 0.29) is 30.0 Å². The van der Waals surface area contributed by atoms with Crippen molar-refractivity contribution in [3.05, 3.63) is 29.6 Å². The Labute approximate surface area is 117 Å². The van der Waals surface area contributed by atoms with Crippen molar-refractivity contribution in [1.82, 2.24) is 4.31 Å². The van der Waals surface area contributed by atoms with E-state index >= 15 is 0 Å². The predicted molar refractivity (Wildman–Crippen MR) is 70.4 cm³/mol. The molecule has 7 heteroatoms. The van der Waals surface area contributed by atoms with E-state index in [1.54, 1.807) is 6.92 Å². The highest BCUT2D eigenvalue weighted by atomic mass is 35.5. The van der Waals surface area contributed by atoms with Crippen molar-refractivity contribution in [2.75, 3.05) is 25.6 Å². The van der Waals surface area contributed by atoms with E-state index in [4.69, 9.17) is 16.3 Å². The summed E-state index contributed by atoms with van der Waals surface area (Å²) in [5.74, 6) is -0.203. The minimum Gasteiger partial charge on any atom is -0.374 e. The molecule has 0 bridgehead atoms. The van der Waals surface area contributed by atoms with Gasteiger partial charge >= 0.3 is 0 Å². The van der Waals surface area contributed by atoms with Crippen molar-refractivity contribution in [2.45, 2.75) is 17.9 Å². The molecule has 0 N–H and O–H groups in total. The van der Waals surface area contributed by atoms with Crippen molar-refractivity contribution in [3.8, 4) is 0 Å². The van der Waals surface area contributed by atoms with E-state index in [9.17, 15) is 12.8 Å². The van der Waals surface area contributed by atoms with Crippen molar-refractivity contribution in [2.24, 2.45) is 0 Å². The van der Waals surface area contributed by atoms with Crippen LogP contribution in [0.15, 0.2) is 23.1 Å². The summed E-state index contributed by atoms with van der Waals surface area (Å²) in [5, 5.41) is 0. The summed E-state index contributed by atoms with van der Waals surface area (Å²) in [5.41, 5.74) is 0.397. The molecule has 1 aliphatic rings. The van der Waals surface area contributed by atoms with Crippen LogP contribution in [0.3, 0.4) is 0 Å². The van der Waals surface area contributed by atoms with Gasteiger partial charge < -0.3 is 4.74 Å². The standard InChI is InChI=1S/C12H15ClFNO3S/c1-9-6-10(14)2-3-12(9)19(16,17)15-4-5-18-11(7-13)8-15/h2-3,6,11H,4-5,7-8H2,1H3. The van der Waals surface area contributed by atoms with Crippen molar-refractivity contribution in [3.63, 3.8) is 0 Å².